The van der Waals surface area contributed by atoms with Gasteiger partial charge in [0.1, 0.15) is 5.57 Å². The summed E-state index contributed by atoms with van der Waals surface area (Å²) in [4.78, 5) is 26.8. The van der Waals surface area contributed by atoms with Gasteiger partial charge in [-0.2, -0.15) is 0 Å². The molecule has 1 aliphatic heterocycles. The Balaban J connectivity index is 2.45. The van der Waals surface area contributed by atoms with Crippen molar-refractivity contribution in [3.63, 3.8) is 0 Å². The molecule has 4 nitrogen and oxygen atoms in total. The highest BCUT2D eigenvalue weighted by atomic mass is 79.9. The molecule has 0 unspecified atom stereocenters. The summed E-state index contributed by atoms with van der Waals surface area (Å²) in [5, 5.41) is 0.210. The van der Waals surface area contributed by atoms with Gasteiger partial charge in [-0.1, -0.05) is 28.1 Å². The van der Waals surface area contributed by atoms with Crippen LogP contribution in [0.3, 0.4) is 0 Å². The van der Waals surface area contributed by atoms with Gasteiger partial charge >= 0.3 is 0 Å². The Labute approximate surface area is 124 Å². The van der Waals surface area contributed by atoms with Crippen molar-refractivity contribution < 1.29 is 9.59 Å². The number of likely N-dealkylation sites (N-methyl/N-ethyl adjacent to an activating group) is 2. The Hall–Kier alpha value is -1.53. The Morgan fingerprint density at radius 2 is 1.74 bits per heavy atom. The van der Waals surface area contributed by atoms with Gasteiger partial charge in [-0.3, -0.25) is 19.4 Å². The molecular formula is C13H11BrN2O2S. The lowest BCUT2D eigenvalue weighted by Crippen LogP contribution is -2.52. The summed E-state index contributed by atoms with van der Waals surface area (Å²) in [7, 11) is 3.12. The minimum Gasteiger partial charge on any atom is -0.288 e. The molecule has 0 atom stereocenters. The van der Waals surface area contributed by atoms with Crippen LogP contribution in [0, 0.1) is 0 Å². The SMILES string of the molecule is CN1C(=O)C(=Cc2cccc(Br)c2)C(=O)N(C)C1=S. The van der Waals surface area contributed by atoms with E-state index in [1.165, 1.54) is 9.80 Å². The van der Waals surface area contributed by atoms with Crippen molar-refractivity contribution in [3.8, 4) is 0 Å². The molecule has 0 N–H and O–H groups in total. The molecule has 19 heavy (non-hydrogen) atoms. The number of benzene rings is 1. The first-order valence-electron chi connectivity index (χ1n) is 5.49. The van der Waals surface area contributed by atoms with E-state index < -0.39 is 0 Å². The van der Waals surface area contributed by atoms with Gasteiger partial charge < -0.3 is 0 Å². The fourth-order valence-electron chi connectivity index (χ4n) is 1.74. The molecule has 98 valence electrons. The van der Waals surface area contributed by atoms with E-state index in [4.69, 9.17) is 12.2 Å². The van der Waals surface area contributed by atoms with Crippen LogP contribution in [-0.2, 0) is 9.59 Å². The molecule has 6 heteroatoms. The third-order valence-electron chi connectivity index (χ3n) is 2.80. The molecule has 1 fully saturated rings. The lowest BCUT2D eigenvalue weighted by molar-refractivity contribution is -0.132. The number of amides is 2. The maximum Gasteiger partial charge on any atom is 0.265 e. The Morgan fingerprint density at radius 3 is 2.26 bits per heavy atom. The minimum atomic E-state index is -0.381. The van der Waals surface area contributed by atoms with Crippen molar-refractivity contribution >= 4 is 51.2 Å². The first-order valence-corrected chi connectivity index (χ1v) is 6.69. The van der Waals surface area contributed by atoms with Crippen LogP contribution in [0.4, 0.5) is 0 Å². The van der Waals surface area contributed by atoms with Crippen LogP contribution < -0.4 is 0 Å². The summed E-state index contributed by atoms with van der Waals surface area (Å²) < 4.78 is 0.884. The van der Waals surface area contributed by atoms with E-state index in [1.54, 1.807) is 20.2 Å². The van der Waals surface area contributed by atoms with Gasteiger partial charge in [0.05, 0.1) is 0 Å². The second kappa shape index (κ2) is 5.22. The molecule has 0 aromatic heterocycles. The highest BCUT2D eigenvalue weighted by molar-refractivity contribution is 9.10. The first kappa shape index (κ1) is 13.9. The number of carbonyl (C=O) groups is 2. The summed E-state index contributed by atoms with van der Waals surface area (Å²) in [6, 6.07) is 7.37. The maximum atomic E-state index is 12.1. The predicted octanol–water partition coefficient (Wildman–Crippen LogP) is 2.05. The van der Waals surface area contributed by atoms with E-state index in [-0.39, 0.29) is 22.5 Å². The van der Waals surface area contributed by atoms with Crippen LogP contribution >= 0.6 is 28.1 Å². The zero-order chi connectivity index (χ0) is 14.2. The lowest BCUT2D eigenvalue weighted by atomic mass is 10.1. The monoisotopic (exact) mass is 338 g/mol. The van der Waals surface area contributed by atoms with Crippen molar-refractivity contribution in [2.45, 2.75) is 0 Å². The molecule has 0 spiro atoms. The van der Waals surface area contributed by atoms with E-state index in [0.29, 0.717) is 0 Å². The average molecular weight is 339 g/mol. The van der Waals surface area contributed by atoms with Gasteiger partial charge in [0.15, 0.2) is 5.11 Å². The normalized spacial score (nSPS) is 16.2. The van der Waals surface area contributed by atoms with Crippen molar-refractivity contribution in [1.82, 2.24) is 9.80 Å². The van der Waals surface area contributed by atoms with Crippen molar-refractivity contribution in [2.24, 2.45) is 0 Å². The standard InChI is InChI=1S/C13H11BrN2O2S/c1-15-11(17)10(12(18)16(2)13(15)19)7-8-4-3-5-9(14)6-8/h3-7H,1-2H3. The zero-order valence-electron chi connectivity index (χ0n) is 10.4. The summed E-state index contributed by atoms with van der Waals surface area (Å²) >= 11 is 8.37. The van der Waals surface area contributed by atoms with Gasteiger partial charge in [-0.25, -0.2) is 0 Å². The van der Waals surface area contributed by atoms with E-state index in [2.05, 4.69) is 15.9 Å². The Bertz CT molecular complexity index is 586. The van der Waals surface area contributed by atoms with Gasteiger partial charge in [-0.05, 0) is 36.0 Å². The quantitative estimate of drug-likeness (QED) is 0.447. The van der Waals surface area contributed by atoms with E-state index in [1.807, 2.05) is 24.3 Å². The van der Waals surface area contributed by atoms with Crippen LogP contribution in [-0.4, -0.2) is 40.8 Å². The molecule has 0 radical (unpaired) electrons. The van der Waals surface area contributed by atoms with Crippen molar-refractivity contribution in [1.29, 1.82) is 0 Å². The van der Waals surface area contributed by atoms with Crippen molar-refractivity contribution in [3.05, 3.63) is 39.9 Å². The fourth-order valence-corrected chi connectivity index (χ4v) is 2.32. The molecule has 1 heterocycles. The van der Waals surface area contributed by atoms with Crippen LogP contribution in [0.15, 0.2) is 34.3 Å². The number of carbonyl (C=O) groups excluding carboxylic acids is 2. The molecular weight excluding hydrogens is 328 g/mol. The highest BCUT2D eigenvalue weighted by Crippen LogP contribution is 2.19. The average Bonchev–Trinajstić information content (AvgIpc) is 2.39. The molecule has 1 aromatic carbocycles. The zero-order valence-corrected chi connectivity index (χ0v) is 12.8. The van der Waals surface area contributed by atoms with Crippen LogP contribution in [0.2, 0.25) is 0 Å². The van der Waals surface area contributed by atoms with E-state index in [0.717, 1.165) is 10.0 Å². The number of thiocarbonyl (C=S) groups is 1. The smallest absolute Gasteiger partial charge is 0.265 e. The molecule has 1 aliphatic rings. The van der Waals surface area contributed by atoms with Crippen LogP contribution in [0.1, 0.15) is 5.56 Å². The highest BCUT2D eigenvalue weighted by Gasteiger charge is 2.35. The molecule has 1 saturated heterocycles. The fraction of sp³-hybridized carbons (Fsp3) is 0.154. The summed E-state index contributed by atoms with van der Waals surface area (Å²) in [6.45, 7) is 0. The maximum absolute atomic E-state index is 12.1. The lowest BCUT2D eigenvalue weighted by Gasteiger charge is -2.31. The van der Waals surface area contributed by atoms with E-state index in [9.17, 15) is 9.59 Å². The number of nitrogens with zero attached hydrogens (tertiary/aromatic N) is 2. The second-order valence-electron chi connectivity index (χ2n) is 4.12. The summed E-state index contributed by atoms with van der Waals surface area (Å²) in [5.41, 5.74) is 0.886. The van der Waals surface area contributed by atoms with Gasteiger partial charge in [-0.15, -0.1) is 0 Å². The topological polar surface area (TPSA) is 40.6 Å². The summed E-state index contributed by atoms with van der Waals surface area (Å²) in [6.07, 6.45) is 1.57. The molecule has 2 amide bonds. The van der Waals surface area contributed by atoms with Gasteiger partial charge in [0.2, 0.25) is 0 Å². The Morgan fingerprint density at radius 1 is 1.16 bits per heavy atom. The Kier molecular flexibility index (Phi) is 3.82. The number of hydrogen-bond acceptors (Lipinski definition) is 3. The van der Waals surface area contributed by atoms with Crippen LogP contribution in [0.25, 0.3) is 6.08 Å². The molecule has 0 saturated carbocycles. The molecule has 0 bridgehead atoms. The molecule has 2 rings (SSSR count). The largest absolute Gasteiger partial charge is 0.288 e. The number of hydrogen-bond donors (Lipinski definition) is 0. The third-order valence-corrected chi connectivity index (χ3v) is 3.84. The van der Waals surface area contributed by atoms with Crippen molar-refractivity contribution in [2.75, 3.05) is 14.1 Å². The van der Waals surface area contributed by atoms with Gasteiger partial charge in [0.25, 0.3) is 11.8 Å². The van der Waals surface area contributed by atoms with E-state index >= 15 is 0 Å². The first-order chi connectivity index (χ1) is 8.91. The molecule has 0 aliphatic carbocycles. The summed E-state index contributed by atoms with van der Waals surface area (Å²) in [5.74, 6) is -0.763. The number of halogens is 1. The second-order valence-corrected chi connectivity index (χ2v) is 5.40. The van der Waals surface area contributed by atoms with Crippen LogP contribution in [0.5, 0.6) is 0 Å². The van der Waals surface area contributed by atoms with Gasteiger partial charge in [0, 0.05) is 18.6 Å². The molecule has 1 aromatic rings. The number of rotatable bonds is 1. The predicted molar refractivity (Wildman–Crippen MR) is 80.3 cm³/mol. The minimum absolute atomic E-state index is 0.108. The third kappa shape index (κ3) is 2.59.